The normalized spacial score (nSPS) is 11.8. The van der Waals surface area contributed by atoms with E-state index in [1.54, 1.807) is 17.5 Å². The van der Waals surface area contributed by atoms with E-state index in [4.69, 9.17) is 14.4 Å². The second-order valence-corrected chi connectivity index (χ2v) is 16.5. The van der Waals surface area contributed by atoms with Gasteiger partial charge in [0.1, 0.15) is 11.1 Å². The minimum atomic E-state index is -0.0101. The molecule has 4 nitrogen and oxygen atoms in total. The van der Waals surface area contributed by atoms with Crippen LogP contribution in [0.5, 0.6) is 0 Å². The number of rotatable bonds is 4. The molecule has 4 aromatic carbocycles. The summed E-state index contributed by atoms with van der Waals surface area (Å²) in [7, 11) is 0. The number of thiazole rings is 1. The molecule has 0 aliphatic heterocycles. The van der Waals surface area contributed by atoms with Crippen LogP contribution in [-0.4, -0.2) is 15.0 Å². The third kappa shape index (κ3) is 7.66. The number of benzene rings is 4. The van der Waals surface area contributed by atoms with Crippen molar-refractivity contribution in [2.45, 2.75) is 67.2 Å². The van der Waals surface area contributed by atoms with E-state index >= 15 is 0 Å². The van der Waals surface area contributed by atoms with Crippen molar-refractivity contribution >= 4 is 43.5 Å². The van der Waals surface area contributed by atoms with Crippen LogP contribution in [0.4, 0.5) is 0 Å². The zero-order valence-electron chi connectivity index (χ0n) is 31.0. The van der Waals surface area contributed by atoms with Crippen molar-refractivity contribution in [1.29, 1.82) is 0 Å². The minimum Gasteiger partial charge on any atom is -0.498 e. The second kappa shape index (κ2) is 14.9. The van der Waals surface area contributed by atoms with E-state index in [0.29, 0.717) is 0 Å². The number of hydrogen-bond acceptors (Lipinski definition) is 5. The van der Waals surface area contributed by atoms with E-state index in [1.165, 1.54) is 27.8 Å². The van der Waals surface area contributed by atoms with E-state index in [2.05, 4.69) is 121 Å². The van der Waals surface area contributed by atoms with Crippen molar-refractivity contribution in [2.24, 2.45) is 5.41 Å². The first-order valence-corrected chi connectivity index (χ1v) is 18.3. The molecule has 6 heteroatoms. The first kappa shape index (κ1) is 37.3. The molecular weight excluding hydrogens is 835 g/mol. The molecule has 0 atom stereocenters. The Labute approximate surface area is 324 Å². The maximum atomic E-state index is 6.65. The van der Waals surface area contributed by atoms with Crippen molar-refractivity contribution in [3.8, 4) is 33.6 Å². The molecule has 1 radical (unpaired) electrons. The monoisotopic (exact) mass is 878 g/mol. The van der Waals surface area contributed by atoms with Gasteiger partial charge in [-0.25, -0.2) is 4.98 Å². The van der Waals surface area contributed by atoms with Crippen LogP contribution in [0.3, 0.4) is 0 Å². The molecular formula is C46H43IrN3OS-2. The summed E-state index contributed by atoms with van der Waals surface area (Å²) in [5.74, 6) is 0. The van der Waals surface area contributed by atoms with Gasteiger partial charge in [-0.1, -0.05) is 95.0 Å². The SMILES string of the molecule is Cc1cccc(C)c1-c1cc(-c2[c-]ccc3c2oc2c3ccc3sc(C(C)(C)C)nc32)ncc1CC(C)(C)C.[Ir].[c-]1ccccc1-c1ccccn1. The summed E-state index contributed by atoms with van der Waals surface area (Å²) >= 11 is 1.75. The Morgan fingerprint density at radius 3 is 2.15 bits per heavy atom. The molecule has 0 saturated heterocycles. The Balaban J connectivity index is 0.000000302. The summed E-state index contributed by atoms with van der Waals surface area (Å²) in [6.07, 6.45) is 4.79. The summed E-state index contributed by atoms with van der Waals surface area (Å²) in [5.41, 5.74) is 12.8. The van der Waals surface area contributed by atoms with E-state index in [9.17, 15) is 0 Å². The van der Waals surface area contributed by atoms with E-state index in [0.717, 1.165) is 66.1 Å². The Morgan fingerprint density at radius 1 is 0.731 bits per heavy atom. The number of fused-ring (bicyclic) bond motifs is 5. The average molecular weight is 878 g/mol. The molecule has 265 valence electrons. The molecule has 4 aromatic heterocycles. The van der Waals surface area contributed by atoms with Crippen molar-refractivity contribution in [2.75, 3.05) is 0 Å². The van der Waals surface area contributed by atoms with Crippen molar-refractivity contribution in [3.05, 3.63) is 137 Å². The molecule has 4 heterocycles. The van der Waals surface area contributed by atoms with Gasteiger partial charge in [-0.3, -0.25) is 0 Å². The summed E-state index contributed by atoms with van der Waals surface area (Å²) in [5, 5.41) is 3.27. The molecule has 0 unspecified atom stereocenters. The third-order valence-corrected chi connectivity index (χ3v) is 10.4. The van der Waals surface area contributed by atoms with E-state index in [-0.39, 0.29) is 30.9 Å². The zero-order valence-corrected chi connectivity index (χ0v) is 34.2. The van der Waals surface area contributed by atoms with Gasteiger partial charge in [-0.15, -0.1) is 65.4 Å². The second-order valence-electron chi connectivity index (χ2n) is 15.5. The fourth-order valence-corrected chi connectivity index (χ4v) is 7.60. The molecule has 0 saturated carbocycles. The van der Waals surface area contributed by atoms with Gasteiger partial charge in [0.15, 0.2) is 0 Å². The van der Waals surface area contributed by atoms with Gasteiger partial charge in [0.05, 0.1) is 15.3 Å². The zero-order chi connectivity index (χ0) is 35.9. The summed E-state index contributed by atoms with van der Waals surface area (Å²) in [6, 6.07) is 37.5. The summed E-state index contributed by atoms with van der Waals surface area (Å²) < 4.78 is 7.81. The molecule has 8 aromatic rings. The van der Waals surface area contributed by atoms with Crippen LogP contribution in [0.2, 0.25) is 0 Å². The Bertz CT molecular complexity index is 2430. The average Bonchev–Trinajstić information content (AvgIpc) is 3.72. The maximum Gasteiger partial charge on any atom is 0.148 e. The molecule has 0 aliphatic rings. The quantitative estimate of drug-likeness (QED) is 0.165. The number of aromatic nitrogens is 3. The molecule has 8 rings (SSSR count). The summed E-state index contributed by atoms with van der Waals surface area (Å²) in [4.78, 5) is 14.2. The van der Waals surface area contributed by atoms with Gasteiger partial charge in [-0.2, -0.15) is 0 Å². The van der Waals surface area contributed by atoms with Crippen LogP contribution < -0.4 is 0 Å². The van der Waals surface area contributed by atoms with Crippen LogP contribution in [0.15, 0.2) is 108 Å². The predicted molar refractivity (Wildman–Crippen MR) is 214 cm³/mol. The van der Waals surface area contributed by atoms with Gasteiger partial charge in [0.25, 0.3) is 0 Å². The number of aryl methyl sites for hydroxylation is 2. The first-order chi connectivity index (χ1) is 24.4. The topological polar surface area (TPSA) is 51.8 Å². The first-order valence-electron chi connectivity index (χ1n) is 17.5. The molecule has 0 amide bonds. The molecule has 0 spiro atoms. The van der Waals surface area contributed by atoms with Crippen molar-refractivity contribution in [1.82, 2.24) is 15.0 Å². The number of pyridine rings is 2. The minimum absolute atomic E-state index is 0. The Kier molecular flexibility index (Phi) is 10.7. The van der Waals surface area contributed by atoms with Crippen LogP contribution in [0.1, 0.15) is 63.2 Å². The van der Waals surface area contributed by atoms with Crippen LogP contribution >= 0.6 is 11.3 Å². The van der Waals surface area contributed by atoms with E-state index in [1.807, 2.05) is 48.5 Å². The van der Waals surface area contributed by atoms with Gasteiger partial charge < -0.3 is 14.4 Å². The molecule has 0 N–H and O–H groups in total. The van der Waals surface area contributed by atoms with Gasteiger partial charge in [0.2, 0.25) is 0 Å². The van der Waals surface area contributed by atoms with Gasteiger partial charge in [0, 0.05) is 43.3 Å². The molecule has 0 aliphatic carbocycles. The summed E-state index contributed by atoms with van der Waals surface area (Å²) in [6.45, 7) is 17.8. The van der Waals surface area contributed by atoms with Crippen molar-refractivity contribution in [3.63, 3.8) is 0 Å². The standard InChI is InChI=1S/C35H35N2OS.C11H8N.Ir/c1-20-11-9-12-21(2)29(20)26-17-27(36-19-22(26)18-34(3,4)5)25-14-10-13-23-24-15-16-28-30(32(24)38-31(23)25)37-33(39-28)35(6,7)8;1-2-6-10(7-3-1)11-8-4-5-9-12-11;/h9-13,15-17,19H,18H2,1-8H3;1-6,8-9H;/q2*-1;. The molecule has 0 fully saturated rings. The third-order valence-electron chi connectivity index (χ3n) is 8.96. The Morgan fingerprint density at radius 2 is 1.48 bits per heavy atom. The molecule has 52 heavy (non-hydrogen) atoms. The van der Waals surface area contributed by atoms with Crippen molar-refractivity contribution < 1.29 is 24.5 Å². The van der Waals surface area contributed by atoms with Crippen LogP contribution in [0, 0.1) is 31.4 Å². The number of furan rings is 1. The largest absolute Gasteiger partial charge is 0.498 e. The maximum absolute atomic E-state index is 6.65. The smallest absolute Gasteiger partial charge is 0.148 e. The predicted octanol–water partition coefficient (Wildman–Crippen LogP) is 12.8. The molecule has 0 bridgehead atoms. The van der Waals surface area contributed by atoms with Gasteiger partial charge >= 0.3 is 0 Å². The van der Waals surface area contributed by atoms with E-state index < -0.39 is 0 Å². The van der Waals surface area contributed by atoms with Crippen LogP contribution in [0.25, 0.3) is 65.8 Å². The van der Waals surface area contributed by atoms with Crippen LogP contribution in [-0.2, 0) is 31.9 Å². The Hall–Kier alpha value is -4.48. The fourth-order valence-electron chi connectivity index (χ4n) is 6.58. The fraction of sp³-hybridized carbons (Fsp3) is 0.239. The van der Waals surface area contributed by atoms with Gasteiger partial charge in [-0.05, 0) is 77.0 Å². The number of hydrogen-bond donors (Lipinski definition) is 0. The number of nitrogens with zero attached hydrogens (tertiary/aromatic N) is 3.